The molecule has 0 N–H and O–H groups in total. The molecule has 2 heterocycles. The molecule has 2 aromatic heterocycles. The number of hydrogen-bond donors (Lipinski definition) is 0. The Morgan fingerprint density at radius 1 is 0.385 bits per heavy atom. The standard InChI is InChI=1S/C47H30N4O/c1-3-15-33(16-4-1)45-48-46(34-17-5-2-6-18-34)50-47(49-45)40-22-12-24-42-44(40)39-28-27-37(30-43(39)52-42)51(36-26-25-31-13-7-8-19-35(31)29-36)41-23-11-20-32-14-9-10-21-38(32)41/h1-30H. The molecule has 0 aliphatic rings. The van der Waals surface area contributed by atoms with Gasteiger partial charge in [-0.15, -0.1) is 0 Å². The van der Waals surface area contributed by atoms with E-state index in [2.05, 4.69) is 114 Å². The van der Waals surface area contributed by atoms with Gasteiger partial charge in [-0.1, -0.05) is 140 Å². The van der Waals surface area contributed by atoms with E-state index in [1.54, 1.807) is 0 Å². The normalized spacial score (nSPS) is 11.5. The van der Waals surface area contributed by atoms with Gasteiger partial charge in [0.2, 0.25) is 0 Å². The maximum absolute atomic E-state index is 6.67. The van der Waals surface area contributed by atoms with E-state index >= 15 is 0 Å². The number of rotatable bonds is 6. The molecule has 10 aromatic rings. The van der Waals surface area contributed by atoms with Gasteiger partial charge in [0.25, 0.3) is 0 Å². The highest BCUT2D eigenvalue weighted by Gasteiger charge is 2.21. The van der Waals surface area contributed by atoms with Crippen LogP contribution in [0.3, 0.4) is 0 Å². The van der Waals surface area contributed by atoms with Crippen molar-refractivity contribution in [3.05, 3.63) is 182 Å². The smallest absolute Gasteiger partial charge is 0.164 e. The molecular formula is C47H30N4O. The van der Waals surface area contributed by atoms with Crippen molar-refractivity contribution in [2.45, 2.75) is 0 Å². The van der Waals surface area contributed by atoms with E-state index in [0.717, 1.165) is 55.7 Å². The first-order valence-corrected chi connectivity index (χ1v) is 17.4. The number of nitrogens with zero attached hydrogens (tertiary/aromatic N) is 4. The lowest BCUT2D eigenvalue weighted by atomic mass is 10.0. The Balaban J connectivity index is 1.17. The monoisotopic (exact) mass is 666 g/mol. The van der Waals surface area contributed by atoms with Crippen LogP contribution in [0.1, 0.15) is 0 Å². The molecule has 0 atom stereocenters. The summed E-state index contributed by atoms with van der Waals surface area (Å²) in [5, 5.41) is 6.70. The third-order valence-electron chi connectivity index (χ3n) is 9.68. The Hall–Kier alpha value is -7.11. The van der Waals surface area contributed by atoms with E-state index in [1.807, 2.05) is 72.8 Å². The summed E-state index contributed by atoms with van der Waals surface area (Å²) in [5.74, 6) is 1.84. The number of anilines is 3. The molecule has 0 bridgehead atoms. The topological polar surface area (TPSA) is 55.1 Å². The van der Waals surface area contributed by atoms with Crippen molar-refractivity contribution in [2.24, 2.45) is 0 Å². The molecule has 5 heteroatoms. The average molecular weight is 667 g/mol. The molecule has 5 nitrogen and oxygen atoms in total. The SMILES string of the molecule is c1ccc(-c2nc(-c3ccccc3)nc(-c3cccc4oc5cc(N(c6ccc7ccccc7c6)c6cccc7ccccc67)ccc5c34)n2)cc1. The van der Waals surface area contributed by atoms with E-state index in [9.17, 15) is 0 Å². The Morgan fingerprint density at radius 2 is 0.981 bits per heavy atom. The highest BCUT2D eigenvalue weighted by atomic mass is 16.3. The van der Waals surface area contributed by atoms with Crippen LogP contribution in [0, 0.1) is 0 Å². The molecule has 0 saturated carbocycles. The summed E-state index contributed by atoms with van der Waals surface area (Å²) in [7, 11) is 0. The van der Waals surface area contributed by atoms with Gasteiger partial charge in [0.1, 0.15) is 11.2 Å². The van der Waals surface area contributed by atoms with Crippen molar-refractivity contribution in [3.8, 4) is 34.2 Å². The van der Waals surface area contributed by atoms with Crippen LogP contribution >= 0.6 is 0 Å². The summed E-state index contributed by atoms with van der Waals surface area (Å²) in [5.41, 5.74) is 7.47. The lowest BCUT2D eigenvalue weighted by Gasteiger charge is -2.27. The summed E-state index contributed by atoms with van der Waals surface area (Å²) in [4.78, 5) is 17.3. The van der Waals surface area contributed by atoms with Gasteiger partial charge in [0.15, 0.2) is 17.5 Å². The fraction of sp³-hybridized carbons (Fsp3) is 0. The number of fused-ring (bicyclic) bond motifs is 5. The van der Waals surface area contributed by atoms with E-state index < -0.39 is 0 Å². The molecule has 0 unspecified atom stereocenters. The van der Waals surface area contributed by atoms with Crippen LogP contribution in [0.4, 0.5) is 17.1 Å². The molecule has 0 fully saturated rings. The van der Waals surface area contributed by atoms with Crippen LogP contribution in [-0.2, 0) is 0 Å². The molecule has 0 aliphatic heterocycles. The average Bonchev–Trinajstić information content (AvgIpc) is 3.60. The Labute approximate surface area is 300 Å². The van der Waals surface area contributed by atoms with Crippen LogP contribution in [-0.4, -0.2) is 15.0 Å². The zero-order chi connectivity index (χ0) is 34.4. The summed E-state index contributed by atoms with van der Waals surface area (Å²) in [6, 6.07) is 62.8. The zero-order valence-corrected chi connectivity index (χ0v) is 28.0. The molecule has 52 heavy (non-hydrogen) atoms. The van der Waals surface area contributed by atoms with Gasteiger partial charge in [-0.05, 0) is 52.6 Å². The first kappa shape index (κ1) is 29.8. The second kappa shape index (κ2) is 12.3. The lowest BCUT2D eigenvalue weighted by Crippen LogP contribution is -2.10. The largest absolute Gasteiger partial charge is 0.456 e. The maximum atomic E-state index is 6.67. The van der Waals surface area contributed by atoms with Crippen LogP contribution in [0.15, 0.2) is 186 Å². The van der Waals surface area contributed by atoms with Crippen LogP contribution in [0.5, 0.6) is 0 Å². The first-order chi connectivity index (χ1) is 25.8. The molecule has 0 amide bonds. The van der Waals surface area contributed by atoms with E-state index in [-0.39, 0.29) is 0 Å². The van der Waals surface area contributed by atoms with Crippen molar-refractivity contribution in [2.75, 3.05) is 4.90 Å². The summed E-state index contributed by atoms with van der Waals surface area (Å²) >= 11 is 0. The predicted octanol–water partition coefficient (Wildman–Crippen LogP) is 12.5. The van der Waals surface area contributed by atoms with Gasteiger partial charge < -0.3 is 9.32 Å². The quantitative estimate of drug-likeness (QED) is 0.177. The maximum Gasteiger partial charge on any atom is 0.164 e. The first-order valence-electron chi connectivity index (χ1n) is 17.4. The van der Waals surface area contributed by atoms with Gasteiger partial charge in [-0.2, -0.15) is 0 Å². The minimum absolute atomic E-state index is 0.596. The summed E-state index contributed by atoms with van der Waals surface area (Å²) < 4.78 is 6.67. The third kappa shape index (κ3) is 5.15. The number of aromatic nitrogens is 3. The van der Waals surface area contributed by atoms with E-state index in [0.29, 0.717) is 17.5 Å². The molecule has 0 spiro atoms. The van der Waals surface area contributed by atoms with Gasteiger partial charge in [-0.25, -0.2) is 15.0 Å². The number of furan rings is 1. The zero-order valence-electron chi connectivity index (χ0n) is 28.0. The number of hydrogen-bond acceptors (Lipinski definition) is 5. The molecule has 10 rings (SSSR count). The van der Waals surface area contributed by atoms with Crippen molar-refractivity contribution in [1.82, 2.24) is 15.0 Å². The Bertz CT molecular complexity index is 2860. The third-order valence-corrected chi connectivity index (χ3v) is 9.68. The van der Waals surface area contributed by atoms with Gasteiger partial charge in [0, 0.05) is 50.3 Å². The minimum Gasteiger partial charge on any atom is -0.456 e. The van der Waals surface area contributed by atoms with Crippen molar-refractivity contribution < 1.29 is 4.42 Å². The fourth-order valence-corrected chi connectivity index (χ4v) is 7.22. The fourth-order valence-electron chi connectivity index (χ4n) is 7.22. The van der Waals surface area contributed by atoms with Crippen LogP contribution in [0.2, 0.25) is 0 Å². The van der Waals surface area contributed by atoms with Gasteiger partial charge in [0.05, 0.1) is 5.69 Å². The van der Waals surface area contributed by atoms with Gasteiger partial charge >= 0.3 is 0 Å². The molecule has 0 saturated heterocycles. The minimum atomic E-state index is 0.596. The summed E-state index contributed by atoms with van der Waals surface area (Å²) in [6.07, 6.45) is 0. The van der Waals surface area contributed by atoms with Crippen molar-refractivity contribution >= 4 is 60.5 Å². The van der Waals surface area contributed by atoms with E-state index in [4.69, 9.17) is 19.4 Å². The highest BCUT2D eigenvalue weighted by Crippen LogP contribution is 2.43. The molecule has 0 radical (unpaired) electrons. The lowest BCUT2D eigenvalue weighted by molar-refractivity contribution is 0.669. The van der Waals surface area contributed by atoms with Crippen molar-refractivity contribution in [1.29, 1.82) is 0 Å². The van der Waals surface area contributed by atoms with Crippen molar-refractivity contribution in [3.63, 3.8) is 0 Å². The molecule has 8 aromatic carbocycles. The second-order valence-corrected chi connectivity index (χ2v) is 12.9. The van der Waals surface area contributed by atoms with E-state index in [1.165, 1.54) is 21.5 Å². The Kier molecular flexibility index (Phi) is 7.07. The van der Waals surface area contributed by atoms with Gasteiger partial charge in [-0.3, -0.25) is 0 Å². The highest BCUT2D eigenvalue weighted by molar-refractivity contribution is 6.13. The predicted molar refractivity (Wildman–Crippen MR) is 213 cm³/mol. The summed E-state index contributed by atoms with van der Waals surface area (Å²) in [6.45, 7) is 0. The molecule has 0 aliphatic carbocycles. The molecular weight excluding hydrogens is 637 g/mol. The van der Waals surface area contributed by atoms with Crippen LogP contribution in [0.25, 0.3) is 77.6 Å². The second-order valence-electron chi connectivity index (χ2n) is 12.9. The Morgan fingerprint density at radius 3 is 1.75 bits per heavy atom. The van der Waals surface area contributed by atoms with Crippen LogP contribution < -0.4 is 4.90 Å². The molecule has 244 valence electrons. The number of benzene rings is 8.